The number of benzene rings is 1. The van der Waals surface area contributed by atoms with Crippen LogP contribution in [0.1, 0.15) is 47.8 Å². The summed E-state index contributed by atoms with van der Waals surface area (Å²) < 4.78 is 13.2. The monoisotopic (exact) mass is 448 g/mol. The Morgan fingerprint density at radius 2 is 2.10 bits per heavy atom. The fourth-order valence-corrected chi connectivity index (χ4v) is 4.01. The van der Waals surface area contributed by atoms with E-state index in [-0.39, 0.29) is 12.0 Å². The molecule has 1 aromatic heterocycles. The largest absolute Gasteiger partial charge is 0.489 e. The fraction of sp³-hybridized carbons (Fsp3) is 0.565. The van der Waals surface area contributed by atoms with E-state index >= 15 is 0 Å². The van der Waals surface area contributed by atoms with Crippen LogP contribution in [0.25, 0.3) is 0 Å². The quantitative estimate of drug-likeness (QED) is 0.561. The third-order valence-electron chi connectivity index (χ3n) is 5.65. The number of halogens is 1. The first-order chi connectivity index (χ1) is 15.0. The van der Waals surface area contributed by atoms with Gasteiger partial charge in [-0.3, -0.25) is 14.4 Å². The zero-order valence-corrected chi connectivity index (χ0v) is 19.5. The Morgan fingerprint density at radius 1 is 1.32 bits per heavy atom. The highest BCUT2D eigenvalue weighted by Gasteiger charge is 2.22. The lowest BCUT2D eigenvalue weighted by Gasteiger charge is -2.32. The molecule has 0 radical (unpaired) electrons. The molecule has 1 amide bonds. The van der Waals surface area contributed by atoms with E-state index in [2.05, 4.69) is 33.8 Å². The van der Waals surface area contributed by atoms with Crippen molar-refractivity contribution in [3.8, 4) is 5.75 Å². The molecule has 0 bridgehead atoms. The number of ether oxygens (including phenoxy) is 2. The number of likely N-dealkylation sites (tertiary alicyclic amines) is 1. The van der Waals surface area contributed by atoms with Gasteiger partial charge in [0, 0.05) is 56.7 Å². The van der Waals surface area contributed by atoms with Gasteiger partial charge in [0.05, 0.1) is 17.8 Å². The van der Waals surface area contributed by atoms with Crippen LogP contribution in [0.2, 0.25) is 5.02 Å². The molecule has 31 heavy (non-hydrogen) atoms. The van der Waals surface area contributed by atoms with E-state index in [1.54, 1.807) is 25.3 Å². The Kier molecular flexibility index (Phi) is 8.75. The lowest BCUT2D eigenvalue weighted by atomic mass is 10.1. The molecule has 1 N–H and O–H groups in total. The van der Waals surface area contributed by atoms with Gasteiger partial charge in [-0.1, -0.05) is 18.5 Å². The van der Waals surface area contributed by atoms with E-state index in [0.717, 1.165) is 45.4 Å². The molecule has 1 aliphatic rings. The van der Waals surface area contributed by atoms with Gasteiger partial charge in [-0.2, -0.15) is 5.10 Å². The Hall–Kier alpha value is -2.09. The van der Waals surface area contributed by atoms with E-state index < -0.39 is 0 Å². The summed E-state index contributed by atoms with van der Waals surface area (Å²) >= 11 is 6.39. The van der Waals surface area contributed by atoms with Crippen molar-refractivity contribution < 1.29 is 14.3 Å². The van der Waals surface area contributed by atoms with Crippen LogP contribution in [-0.4, -0.2) is 60.0 Å². The van der Waals surface area contributed by atoms with Crippen molar-refractivity contribution in [1.29, 1.82) is 0 Å². The molecule has 1 aliphatic heterocycles. The average Bonchev–Trinajstić information content (AvgIpc) is 3.10. The van der Waals surface area contributed by atoms with E-state index in [1.165, 1.54) is 11.3 Å². The van der Waals surface area contributed by atoms with Gasteiger partial charge < -0.3 is 14.8 Å². The number of hydrogen-bond donors (Lipinski definition) is 1. The highest BCUT2D eigenvalue weighted by Crippen LogP contribution is 2.29. The number of aromatic nitrogens is 2. The lowest BCUT2D eigenvalue weighted by molar-refractivity contribution is 0.0935. The number of piperidine rings is 1. The van der Waals surface area contributed by atoms with Crippen molar-refractivity contribution in [3.63, 3.8) is 0 Å². The molecule has 2 aromatic rings. The summed E-state index contributed by atoms with van der Waals surface area (Å²) in [5.74, 6) is 0.460. The number of aryl methyl sites for hydroxylation is 1. The van der Waals surface area contributed by atoms with Crippen molar-refractivity contribution in [2.24, 2.45) is 0 Å². The summed E-state index contributed by atoms with van der Waals surface area (Å²) in [6.07, 6.45) is 5.10. The van der Waals surface area contributed by atoms with Crippen LogP contribution in [0.15, 0.2) is 24.4 Å². The predicted octanol–water partition coefficient (Wildman–Crippen LogP) is 3.67. The molecule has 1 saturated heterocycles. The molecule has 0 spiro atoms. The first-order valence-corrected chi connectivity index (χ1v) is 11.4. The smallest absolute Gasteiger partial charge is 0.251 e. The number of nitrogens with one attached hydrogen (secondary N) is 1. The Balaban J connectivity index is 1.49. The van der Waals surface area contributed by atoms with Crippen molar-refractivity contribution in [3.05, 3.63) is 46.2 Å². The molecule has 7 nitrogen and oxygen atoms in total. The van der Waals surface area contributed by atoms with Gasteiger partial charge in [0.1, 0.15) is 11.9 Å². The summed E-state index contributed by atoms with van der Waals surface area (Å²) in [7, 11) is 1.60. The van der Waals surface area contributed by atoms with Crippen LogP contribution < -0.4 is 10.1 Å². The van der Waals surface area contributed by atoms with Gasteiger partial charge in [0.25, 0.3) is 5.91 Å². The molecule has 2 heterocycles. The normalized spacial score (nSPS) is 15.2. The summed E-state index contributed by atoms with van der Waals surface area (Å²) in [6.45, 7) is 9.09. The molecule has 170 valence electrons. The minimum Gasteiger partial charge on any atom is -0.489 e. The highest BCUT2D eigenvalue weighted by atomic mass is 35.5. The molecule has 8 heteroatoms. The standard InChI is InChI=1S/C23H33ClN4O3/c1-4-10-28-17(2)19(15-26-28)16-27-11-7-20(8-12-27)31-22-6-5-18(14-21(22)24)23(29)25-9-13-30-3/h5-6,14-15,20H,4,7-13,16H2,1-3H3,(H,25,29). The van der Waals surface area contributed by atoms with Gasteiger partial charge >= 0.3 is 0 Å². The van der Waals surface area contributed by atoms with Gasteiger partial charge in [0.15, 0.2) is 0 Å². The highest BCUT2D eigenvalue weighted by molar-refractivity contribution is 6.32. The zero-order chi connectivity index (χ0) is 22.2. The van der Waals surface area contributed by atoms with Crippen molar-refractivity contribution >= 4 is 17.5 Å². The van der Waals surface area contributed by atoms with Crippen molar-refractivity contribution in [1.82, 2.24) is 20.0 Å². The Bertz CT molecular complexity index is 863. The SMILES string of the molecule is CCCn1ncc(CN2CCC(Oc3ccc(C(=O)NCCOC)cc3Cl)CC2)c1C. The number of amides is 1. The minimum atomic E-state index is -0.170. The topological polar surface area (TPSA) is 68.6 Å². The zero-order valence-electron chi connectivity index (χ0n) is 18.7. The van der Waals surface area contributed by atoms with Crippen LogP contribution in [0, 0.1) is 6.92 Å². The maximum Gasteiger partial charge on any atom is 0.251 e. The van der Waals surface area contributed by atoms with Crippen LogP contribution in [0.4, 0.5) is 0 Å². The predicted molar refractivity (Wildman–Crippen MR) is 122 cm³/mol. The van der Waals surface area contributed by atoms with Crippen LogP contribution in [0.3, 0.4) is 0 Å². The van der Waals surface area contributed by atoms with E-state index in [0.29, 0.717) is 29.5 Å². The number of rotatable bonds is 10. The number of carbonyl (C=O) groups excluding carboxylic acids is 1. The maximum atomic E-state index is 12.1. The Labute approximate surface area is 189 Å². The average molecular weight is 449 g/mol. The van der Waals surface area contributed by atoms with Crippen molar-refractivity contribution in [2.45, 2.75) is 52.3 Å². The lowest BCUT2D eigenvalue weighted by Crippen LogP contribution is -2.37. The third kappa shape index (κ3) is 6.45. The number of methoxy groups -OCH3 is 1. The molecule has 0 atom stereocenters. The second-order valence-corrected chi connectivity index (χ2v) is 8.37. The number of nitrogens with zero attached hydrogens (tertiary/aromatic N) is 3. The summed E-state index contributed by atoms with van der Waals surface area (Å²) in [4.78, 5) is 14.6. The third-order valence-corrected chi connectivity index (χ3v) is 5.94. The minimum absolute atomic E-state index is 0.124. The summed E-state index contributed by atoms with van der Waals surface area (Å²) in [6, 6.07) is 5.19. The number of hydrogen-bond acceptors (Lipinski definition) is 5. The van der Waals surface area contributed by atoms with Gasteiger partial charge in [-0.15, -0.1) is 0 Å². The van der Waals surface area contributed by atoms with Gasteiger partial charge in [0.2, 0.25) is 0 Å². The Morgan fingerprint density at radius 3 is 2.77 bits per heavy atom. The maximum absolute atomic E-state index is 12.1. The second-order valence-electron chi connectivity index (χ2n) is 7.97. The molecule has 0 saturated carbocycles. The van der Waals surface area contributed by atoms with E-state index in [9.17, 15) is 4.79 Å². The van der Waals surface area contributed by atoms with Crippen LogP contribution in [-0.2, 0) is 17.8 Å². The molecule has 3 rings (SSSR count). The summed E-state index contributed by atoms with van der Waals surface area (Å²) in [5.41, 5.74) is 3.08. The van der Waals surface area contributed by atoms with Crippen LogP contribution in [0.5, 0.6) is 5.75 Å². The van der Waals surface area contributed by atoms with Gasteiger partial charge in [-0.25, -0.2) is 0 Å². The summed E-state index contributed by atoms with van der Waals surface area (Å²) in [5, 5.41) is 7.76. The van der Waals surface area contributed by atoms with Crippen LogP contribution >= 0.6 is 11.6 Å². The molecule has 0 aliphatic carbocycles. The van der Waals surface area contributed by atoms with E-state index in [4.69, 9.17) is 21.1 Å². The fourth-order valence-electron chi connectivity index (χ4n) is 3.79. The molecule has 1 aromatic carbocycles. The first-order valence-electron chi connectivity index (χ1n) is 11.0. The first kappa shape index (κ1) is 23.6. The number of carbonyl (C=O) groups is 1. The molecular weight excluding hydrogens is 416 g/mol. The van der Waals surface area contributed by atoms with Crippen molar-refractivity contribution in [2.75, 3.05) is 33.4 Å². The van der Waals surface area contributed by atoms with E-state index in [1.807, 2.05) is 6.20 Å². The molecule has 1 fully saturated rings. The van der Waals surface area contributed by atoms with Gasteiger partial charge in [-0.05, 0) is 44.4 Å². The molecule has 0 unspecified atom stereocenters. The second kappa shape index (κ2) is 11.5. The molecular formula is C23H33ClN4O3.